The van der Waals surface area contributed by atoms with Gasteiger partial charge in [-0.1, -0.05) is 44.2 Å². The van der Waals surface area contributed by atoms with E-state index in [0.717, 1.165) is 5.56 Å². The number of amides is 5. The monoisotopic (exact) mass is 659 g/mol. The van der Waals surface area contributed by atoms with Gasteiger partial charge in [-0.15, -0.1) is 0 Å². The number of hydrogen-bond acceptors (Lipinski definition) is 8. The van der Waals surface area contributed by atoms with E-state index < -0.39 is 72.3 Å². The molecule has 16 heteroatoms. The van der Waals surface area contributed by atoms with E-state index >= 15 is 0 Å². The third-order valence-corrected chi connectivity index (χ3v) is 7.55. The number of aliphatic imine (C=N–C) groups is 1. The summed E-state index contributed by atoms with van der Waals surface area (Å²) in [7, 11) is 0. The van der Waals surface area contributed by atoms with Crippen LogP contribution in [0.5, 0.6) is 0 Å². The lowest BCUT2D eigenvalue weighted by Crippen LogP contribution is -2.56. The summed E-state index contributed by atoms with van der Waals surface area (Å²) in [6.07, 6.45) is 1.79. The van der Waals surface area contributed by atoms with Crippen LogP contribution >= 0.6 is 0 Å². The lowest BCUT2D eigenvalue weighted by molar-refractivity contribution is -0.149. The van der Waals surface area contributed by atoms with E-state index in [0.29, 0.717) is 25.7 Å². The number of guanidine groups is 1. The number of benzene rings is 1. The molecule has 0 aromatic heterocycles. The molecule has 1 aromatic carbocycles. The summed E-state index contributed by atoms with van der Waals surface area (Å²) >= 11 is 0. The Morgan fingerprint density at radius 3 is 2.26 bits per heavy atom. The Balaban J connectivity index is 2.08. The number of nitrogens with one attached hydrogen (secondary N) is 4. The molecule has 5 amide bonds. The molecule has 0 bridgehead atoms. The number of carbonyl (C=O) groups is 6. The maximum atomic E-state index is 13.2. The molecule has 1 aliphatic heterocycles. The standard InChI is InChI=1S/C31H49N9O7/c1-18(2)15-21(32)26(42)39-23(16-20-9-5-4-6-10-20)27(43)36-17-25(41)38-22(11-7-13-35-31(33)34)28(44)37-19(3)29(45)40-14-8-12-24(40)30(46)47/h4-6,9-10,18-19,21-24H,7-8,11-17,32H2,1-3H3,(H,36,43)(H,37,44)(H,38,41)(H,39,42)(H,46,47)(H4,33,34,35)/t19-,21-,22-,23-,24-/m0/s1. The number of rotatable bonds is 18. The Bertz CT molecular complexity index is 1270. The van der Waals surface area contributed by atoms with Gasteiger partial charge >= 0.3 is 5.97 Å². The first kappa shape index (κ1) is 38.5. The average Bonchev–Trinajstić information content (AvgIpc) is 3.51. The van der Waals surface area contributed by atoms with Crippen molar-refractivity contribution >= 4 is 41.5 Å². The van der Waals surface area contributed by atoms with Crippen molar-refractivity contribution in [1.82, 2.24) is 26.2 Å². The third-order valence-electron chi connectivity index (χ3n) is 7.55. The minimum atomic E-state index is -1.13. The Kier molecular flexibility index (Phi) is 15.6. The molecule has 0 aliphatic carbocycles. The topological polar surface area (TPSA) is 264 Å². The highest BCUT2D eigenvalue weighted by Crippen LogP contribution is 2.18. The zero-order valence-electron chi connectivity index (χ0n) is 27.2. The number of carboxylic acid groups (broad SMARTS) is 1. The highest BCUT2D eigenvalue weighted by molar-refractivity contribution is 5.95. The Morgan fingerprint density at radius 1 is 0.957 bits per heavy atom. The molecule has 5 atom stereocenters. The molecule has 2 rings (SSSR count). The normalized spacial score (nSPS) is 16.7. The van der Waals surface area contributed by atoms with Crippen LogP contribution in [0.1, 0.15) is 58.4 Å². The van der Waals surface area contributed by atoms with E-state index in [2.05, 4.69) is 26.3 Å². The highest BCUT2D eigenvalue weighted by Gasteiger charge is 2.37. The molecule has 16 nitrogen and oxygen atoms in total. The second-order valence-corrected chi connectivity index (χ2v) is 12.0. The fourth-order valence-corrected chi connectivity index (χ4v) is 5.17. The Labute approximate surface area is 274 Å². The van der Waals surface area contributed by atoms with Crippen LogP contribution in [0.4, 0.5) is 0 Å². The summed E-state index contributed by atoms with van der Waals surface area (Å²) in [5, 5.41) is 19.8. The number of nitrogens with two attached hydrogens (primary N) is 3. The van der Waals surface area contributed by atoms with Gasteiger partial charge in [0.25, 0.3) is 0 Å². The van der Waals surface area contributed by atoms with Crippen LogP contribution in [0.2, 0.25) is 0 Å². The number of aliphatic carboxylic acids is 1. The molecule has 1 saturated heterocycles. The van der Waals surface area contributed by atoms with Crippen molar-refractivity contribution < 1.29 is 33.9 Å². The maximum Gasteiger partial charge on any atom is 0.326 e. The molecule has 0 radical (unpaired) electrons. The van der Waals surface area contributed by atoms with E-state index in [4.69, 9.17) is 17.2 Å². The molecule has 11 N–H and O–H groups in total. The van der Waals surface area contributed by atoms with Crippen LogP contribution in [0.15, 0.2) is 35.3 Å². The predicted molar refractivity (Wildman–Crippen MR) is 174 cm³/mol. The first-order valence-electron chi connectivity index (χ1n) is 15.8. The van der Waals surface area contributed by atoms with Gasteiger partial charge in [0.2, 0.25) is 29.5 Å². The summed E-state index contributed by atoms with van der Waals surface area (Å²) < 4.78 is 0. The van der Waals surface area contributed by atoms with Crippen LogP contribution in [-0.4, -0.2) is 101 Å². The van der Waals surface area contributed by atoms with Crippen molar-refractivity contribution in [3.05, 3.63) is 35.9 Å². The second kappa shape index (κ2) is 19.1. The van der Waals surface area contributed by atoms with Gasteiger partial charge in [-0.25, -0.2) is 4.79 Å². The molecule has 1 heterocycles. The first-order chi connectivity index (χ1) is 22.2. The maximum absolute atomic E-state index is 13.2. The highest BCUT2D eigenvalue weighted by atomic mass is 16.4. The van der Waals surface area contributed by atoms with E-state index in [1.54, 1.807) is 24.3 Å². The molecular weight excluding hydrogens is 610 g/mol. The van der Waals surface area contributed by atoms with Crippen LogP contribution in [0.3, 0.4) is 0 Å². The quantitative estimate of drug-likeness (QED) is 0.0504. The van der Waals surface area contributed by atoms with Gasteiger partial charge in [0.05, 0.1) is 12.6 Å². The van der Waals surface area contributed by atoms with Gasteiger partial charge in [0.1, 0.15) is 24.2 Å². The number of likely N-dealkylation sites (tertiary alicyclic amines) is 1. The minimum absolute atomic E-state index is 0.0884. The van der Waals surface area contributed by atoms with Crippen molar-refractivity contribution in [2.45, 2.75) is 89.5 Å². The summed E-state index contributed by atoms with van der Waals surface area (Å²) in [4.78, 5) is 81.7. The van der Waals surface area contributed by atoms with Gasteiger partial charge in [-0.3, -0.25) is 29.0 Å². The molecule has 0 saturated carbocycles. The van der Waals surface area contributed by atoms with Crippen LogP contribution in [-0.2, 0) is 35.2 Å². The molecule has 1 aliphatic rings. The van der Waals surface area contributed by atoms with Crippen molar-refractivity contribution in [3.8, 4) is 0 Å². The van der Waals surface area contributed by atoms with Gasteiger partial charge in [-0.2, -0.15) is 0 Å². The SMILES string of the molecule is CC(C)C[C@H](N)C(=O)N[C@@H](Cc1ccccc1)C(=O)NCC(=O)N[C@@H](CCCN=C(N)N)C(=O)N[C@@H](C)C(=O)N1CCC[C@H]1C(=O)O. The second-order valence-electron chi connectivity index (χ2n) is 12.0. The number of nitrogens with zero attached hydrogens (tertiary/aromatic N) is 2. The van der Waals surface area contributed by atoms with Gasteiger partial charge in [0.15, 0.2) is 5.96 Å². The smallest absolute Gasteiger partial charge is 0.326 e. The zero-order valence-corrected chi connectivity index (χ0v) is 27.2. The third kappa shape index (κ3) is 13.3. The Hall–Kier alpha value is -4.73. The number of hydrogen-bond donors (Lipinski definition) is 8. The first-order valence-corrected chi connectivity index (χ1v) is 15.8. The van der Waals surface area contributed by atoms with E-state index in [1.807, 2.05) is 19.9 Å². The largest absolute Gasteiger partial charge is 0.480 e. The van der Waals surface area contributed by atoms with E-state index in [-0.39, 0.29) is 37.8 Å². The fourth-order valence-electron chi connectivity index (χ4n) is 5.17. The number of carbonyl (C=O) groups excluding carboxylic acids is 5. The van der Waals surface area contributed by atoms with Gasteiger partial charge in [-0.05, 0) is 50.5 Å². The zero-order chi connectivity index (χ0) is 35.1. The van der Waals surface area contributed by atoms with E-state index in [1.165, 1.54) is 11.8 Å². The van der Waals surface area contributed by atoms with Crippen molar-refractivity contribution in [3.63, 3.8) is 0 Å². The van der Waals surface area contributed by atoms with Crippen molar-refractivity contribution in [2.24, 2.45) is 28.1 Å². The van der Waals surface area contributed by atoms with Crippen molar-refractivity contribution in [2.75, 3.05) is 19.6 Å². The molecule has 47 heavy (non-hydrogen) atoms. The van der Waals surface area contributed by atoms with Crippen LogP contribution < -0.4 is 38.5 Å². The van der Waals surface area contributed by atoms with Crippen molar-refractivity contribution in [1.29, 1.82) is 0 Å². The molecule has 0 spiro atoms. The van der Waals surface area contributed by atoms with Crippen LogP contribution in [0, 0.1) is 5.92 Å². The van der Waals surface area contributed by atoms with Gasteiger partial charge in [0, 0.05) is 19.5 Å². The Morgan fingerprint density at radius 2 is 1.64 bits per heavy atom. The summed E-state index contributed by atoms with van der Waals surface area (Å²) in [6, 6.07) is 4.00. The summed E-state index contributed by atoms with van der Waals surface area (Å²) in [6.45, 7) is 5.19. The van der Waals surface area contributed by atoms with E-state index in [9.17, 15) is 33.9 Å². The van der Waals surface area contributed by atoms with Crippen LogP contribution in [0.25, 0.3) is 0 Å². The lowest BCUT2D eigenvalue weighted by atomic mass is 10.0. The summed E-state index contributed by atoms with van der Waals surface area (Å²) in [5.41, 5.74) is 17.5. The molecule has 1 fully saturated rings. The summed E-state index contributed by atoms with van der Waals surface area (Å²) in [5.74, 6) is -4.16. The number of carboxylic acids is 1. The predicted octanol–water partition coefficient (Wildman–Crippen LogP) is -1.68. The molecular formula is C31H49N9O7. The molecule has 1 aromatic rings. The average molecular weight is 660 g/mol. The molecule has 0 unspecified atom stereocenters. The van der Waals surface area contributed by atoms with Gasteiger partial charge < -0.3 is 48.5 Å². The fraction of sp³-hybridized carbons (Fsp3) is 0.581. The lowest BCUT2D eigenvalue weighted by Gasteiger charge is -2.27. The molecule has 260 valence electrons. The minimum Gasteiger partial charge on any atom is -0.480 e.